The third kappa shape index (κ3) is 5.02. The highest BCUT2D eigenvalue weighted by Gasteiger charge is 2.25. The summed E-state index contributed by atoms with van der Waals surface area (Å²) in [5, 5.41) is 4.43. The van der Waals surface area contributed by atoms with Crippen LogP contribution in [0.5, 0.6) is 0 Å². The van der Waals surface area contributed by atoms with Gasteiger partial charge in [0.25, 0.3) is 11.8 Å². The highest BCUT2D eigenvalue weighted by atomic mass is 19.3. The molecule has 0 spiro atoms. The molecule has 1 amide bonds. The van der Waals surface area contributed by atoms with E-state index in [1.807, 2.05) is 12.1 Å². The van der Waals surface area contributed by atoms with Gasteiger partial charge in [0.2, 0.25) is 0 Å². The molecule has 0 unspecified atom stereocenters. The number of hydrogen-bond donors (Lipinski definition) is 2. The number of hydrogen-bond acceptors (Lipinski definition) is 2. The highest BCUT2D eigenvalue weighted by Crippen LogP contribution is 2.30. The fourth-order valence-electron chi connectivity index (χ4n) is 5.39. The summed E-state index contributed by atoms with van der Waals surface area (Å²) in [6.45, 7) is 3.42. The van der Waals surface area contributed by atoms with Crippen LogP contribution in [0.1, 0.15) is 71.8 Å². The molecule has 1 aromatic heterocycles. The number of carbonyl (C=O) groups is 1. The summed E-state index contributed by atoms with van der Waals surface area (Å²) in [6, 6.07) is 12.8. The van der Waals surface area contributed by atoms with Gasteiger partial charge < -0.3 is 10.3 Å². The number of nitrogens with zero attached hydrogens (tertiary/aromatic N) is 1. The predicted octanol–water partition coefficient (Wildman–Crippen LogP) is 5.94. The van der Waals surface area contributed by atoms with E-state index in [-0.39, 0.29) is 17.5 Å². The van der Waals surface area contributed by atoms with Crippen LogP contribution in [0.25, 0.3) is 10.9 Å². The standard InChI is InChI=1S/C28H33F2N3O/c1-28(29,30)21-10-7-19(8-11-21)18-33-15-13-22(14-16-33)31-27(34)20-9-12-26-24(17-20)23-5-3-2-4-6-25(23)32-26/h7-12,17,22,32H,2-6,13-16,18H2,1H3,(H,31,34). The Labute approximate surface area is 199 Å². The van der Waals surface area contributed by atoms with Crippen LogP contribution in [-0.4, -0.2) is 34.9 Å². The van der Waals surface area contributed by atoms with E-state index in [9.17, 15) is 13.6 Å². The van der Waals surface area contributed by atoms with E-state index in [0.717, 1.165) is 68.9 Å². The number of amides is 1. The van der Waals surface area contributed by atoms with Crippen LogP contribution in [0.15, 0.2) is 42.5 Å². The Bertz CT molecular complexity index is 1150. The van der Waals surface area contributed by atoms with Crippen LogP contribution < -0.4 is 5.32 Å². The van der Waals surface area contributed by atoms with Crippen molar-refractivity contribution < 1.29 is 13.6 Å². The van der Waals surface area contributed by atoms with Crippen molar-refractivity contribution in [2.75, 3.05) is 13.1 Å². The number of aromatic amines is 1. The number of aryl methyl sites for hydroxylation is 2. The topological polar surface area (TPSA) is 48.1 Å². The van der Waals surface area contributed by atoms with E-state index >= 15 is 0 Å². The molecule has 0 atom stereocenters. The van der Waals surface area contributed by atoms with Crippen LogP contribution in [-0.2, 0) is 25.3 Å². The smallest absolute Gasteiger partial charge is 0.270 e. The quantitative estimate of drug-likeness (QED) is 0.458. The molecule has 2 heterocycles. The number of halogens is 2. The number of likely N-dealkylation sites (tertiary alicyclic amines) is 1. The number of rotatable bonds is 5. The molecule has 1 saturated heterocycles. The van der Waals surface area contributed by atoms with Gasteiger partial charge in [0.1, 0.15) is 0 Å². The molecule has 34 heavy (non-hydrogen) atoms. The second kappa shape index (κ2) is 9.49. The number of H-pyrrole nitrogens is 1. The molecular formula is C28H33F2N3O. The monoisotopic (exact) mass is 465 g/mol. The third-order valence-electron chi connectivity index (χ3n) is 7.40. The molecule has 2 aromatic carbocycles. The first-order valence-corrected chi connectivity index (χ1v) is 12.5. The van der Waals surface area contributed by atoms with Crippen molar-refractivity contribution in [1.29, 1.82) is 0 Å². The Morgan fingerprint density at radius 1 is 1.06 bits per heavy atom. The SMILES string of the molecule is CC(F)(F)c1ccc(CN2CCC(NC(=O)c3ccc4[nH]c5c(c4c3)CCCCC5)CC2)cc1. The predicted molar refractivity (Wildman–Crippen MR) is 131 cm³/mol. The third-order valence-corrected chi connectivity index (χ3v) is 7.40. The summed E-state index contributed by atoms with van der Waals surface area (Å²) in [4.78, 5) is 18.9. The molecule has 1 aliphatic carbocycles. The number of fused-ring (bicyclic) bond motifs is 3. The van der Waals surface area contributed by atoms with Crippen molar-refractivity contribution >= 4 is 16.8 Å². The van der Waals surface area contributed by atoms with Gasteiger partial charge >= 0.3 is 0 Å². The fraction of sp³-hybridized carbons (Fsp3) is 0.464. The number of alkyl halides is 2. The van der Waals surface area contributed by atoms with Crippen molar-refractivity contribution in [1.82, 2.24) is 15.2 Å². The second-order valence-electron chi connectivity index (χ2n) is 10.0. The molecule has 180 valence electrons. The molecule has 0 radical (unpaired) electrons. The molecule has 1 fully saturated rings. The van der Waals surface area contributed by atoms with Gasteiger partial charge in [-0.2, -0.15) is 0 Å². The maximum atomic E-state index is 13.4. The lowest BCUT2D eigenvalue weighted by molar-refractivity contribution is 0.0174. The Kier molecular flexibility index (Phi) is 6.43. The molecule has 5 rings (SSSR count). The largest absolute Gasteiger partial charge is 0.358 e. The normalized spacial score (nSPS) is 18.0. The number of aromatic nitrogens is 1. The maximum absolute atomic E-state index is 13.4. The van der Waals surface area contributed by atoms with Crippen molar-refractivity contribution in [2.24, 2.45) is 0 Å². The zero-order valence-electron chi connectivity index (χ0n) is 19.8. The van der Waals surface area contributed by atoms with E-state index in [0.29, 0.717) is 0 Å². The molecule has 4 nitrogen and oxygen atoms in total. The first kappa shape index (κ1) is 23.0. The molecule has 2 aliphatic rings. The molecular weight excluding hydrogens is 432 g/mol. The van der Waals surface area contributed by atoms with Gasteiger partial charge in [-0.3, -0.25) is 9.69 Å². The van der Waals surface area contributed by atoms with Gasteiger partial charge in [0, 0.05) is 60.3 Å². The molecule has 3 aromatic rings. The lowest BCUT2D eigenvalue weighted by Gasteiger charge is -2.32. The van der Waals surface area contributed by atoms with Gasteiger partial charge in [-0.15, -0.1) is 0 Å². The van der Waals surface area contributed by atoms with Crippen LogP contribution in [0.2, 0.25) is 0 Å². The first-order chi connectivity index (χ1) is 16.4. The van der Waals surface area contributed by atoms with Crippen LogP contribution in [0.3, 0.4) is 0 Å². The Morgan fingerprint density at radius 3 is 2.53 bits per heavy atom. The lowest BCUT2D eigenvalue weighted by atomic mass is 10.0. The number of nitrogens with one attached hydrogen (secondary N) is 2. The zero-order chi connectivity index (χ0) is 23.7. The van der Waals surface area contributed by atoms with E-state index < -0.39 is 5.92 Å². The highest BCUT2D eigenvalue weighted by molar-refractivity contribution is 5.99. The van der Waals surface area contributed by atoms with Crippen LogP contribution >= 0.6 is 0 Å². The molecule has 0 bridgehead atoms. The molecule has 6 heteroatoms. The van der Waals surface area contributed by atoms with Gasteiger partial charge in [-0.1, -0.05) is 30.7 Å². The summed E-state index contributed by atoms with van der Waals surface area (Å²) in [6.07, 6.45) is 7.66. The van der Waals surface area contributed by atoms with Gasteiger partial charge in [0.15, 0.2) is 0 Å². The minimum absolute atomic E-state index is 0.00000426. The Balaban J connectivity index is 1.17. The zero-order valence-corrected chi connectivity index (χ0v) is 19.8. The van der Waals surface area contributed by atoms with Crippen molar-refractivity contribution in [3.05, 3.63) is 70.4 Å². The van der Waals surface area contributed by atoms with E-state index in [1.54, 1.807) is 12.1 Å². The second-order valence-corrected chi connectivity index (χ2v) is 10.0. The first-order valence-electron chi connectivity index (χ1n) is 12.5. The summed E-state index contributed by atoms with van der Waals surface area (Å²) < 4.78 is 26.8. The number of benzene rings is 2. The minimum atomic E-state index is -2.81. The number of piperidine rings is 1. The average molecular weight is 466 g/mol. The summed E-state index contributed by atoms with van der Waals surface area (Å²) >= 11 is 0. The van der Waals surface area contributed by atoms with E-state index in [4.69, 9.17) is 0 Å². The molecule has 1 aliphatic heterocycles. The maximum Gasteiger partial charge on any atom is 0.270 e. The fourth-order valence-corrected chi connectivity index (χ4v) is 5.39. The van der Waals surface area contributed by atoms with Gasteiger partial charge in [-0.25, -0.2) is 8.78 Å². The minimum Gasteiger partial charge on any atom is -0.358 e. The summed E-state index contributed by atoms with van der Waals surface area (Å²) in [5.41, 5.74) is 5.68. The number of carbonyl (C=O) groups excluding carboxylic acids is 1. The Hall–Kier alpha value is -2.73. The molecule has 2 N–H and O–H groups in total. The summed E-state index contributed by atoms with van der Waals surface area (Å²) in [7, 11) is 0. The van der Waals surface area contributed by atoms with E-state index in [2.05, 4.69) is 21.3 Å². The van der Waals surface area contributed by atoms with Crippen molar-refractivity contribution in [3.8, 4) is 0 Å². The van der Waals surface area contributed by atoms with Crippen molar-refractivity contribution in [2.45, 2.75) is 70.4 Å². The van der Waals surface area contributed by atoms with Crippen molar-refractivity contribution in [3.63, 3.8) is 0 Å². The Morgan fingerprint density at radius 2 is 1.79 bits per heavy atom. The summed E-state index contributed by atoms with van der Waals surface area (Å²) in [5.74, 6) is -2.81. The van der Waals surface area contributed by atoms with Gasteiger partial charge in [0.05, 0.1) is 0 Å². The average Bonchev–Trinajstić information content (AvgIpc) is 2.99. The lowest BCUT2D eigenvalue weighted by Crippen LogP contribution is -2.44. The van der Waals surface area contributed by atoms with Gasteiger partial charge in [-0.05, 0) is 67.9 Å². The van der Waals surface area contributed by atoms with Crippen LogP contribution in [0.4, 0.5) is 8.78 Å². The molecule has 0 saturated carbocycles. The van der Waals surface area contributed by atoms with E-state index in [1.165, 1.54) is 48.0 Å². The van der Waals surface area contributed by atoms with Crippen LogP contribution in [0, 0.1) is 0 Å².